The molecule has 2 unspecified atom stereocenters. The molecule has 1 aliphatic carbocycles. The zero-order valence-electron chi connectivity index (χ0n) is 12.1. The van der Waals surface area contributed by atoms with Gasteiger partial charge in [0.25, 0.3) is 0 Å². The van der Waals surface area contributed by atoms with Gasteiger partial charge in [-0.2, -0.15) is 0 Å². The predicted octanol–water partition coefficient (Wildman–Crippen LogP) is 2.50. The van der Waals surface area contributed by atoms with Crippen LogP contribution in [0.25, 0.3) is 0 Å². The van der Waals surface area contributed by atoms with Crippen molar-refractivity contribution in [2.24, 2.45) is 17.6 Å². The molecule has 0 bridgehead atoms. The van der Waals surface area contributed by atoms with Crippen molar-refractivity contribution >= 4 is 0 Å². The van der Waals surface area contributed by atoms with E-state index in [1.165, 1.54) is 24.8 Å². The molecule has 0 aromatic heterocycles. The maximum atomic E-state index is 5.86. The molecule has 2 rings (SSSR count). The Morgan fingerprint density at radius 1 is 1.32 bits per heavy atom. The molecule has 0 heterocycles. The molecule has 1 aromatic carbocycles. The van der Waals surface area contributed by atoms with E-state index in [1.54, 1.807) is 7.11 Å². The smallest absolute Gasteiger partial charge is 0.119 e. The van der Waals surface area contributed by atoms with Crippen LogP contribution in [-0.2, 0) is 6.54 Å². The normalized spacial score (nSPS) is 22.9. The van der Waals surface area contributed by atoms with Crippen molar-refractivity contribution in [3.63, 3.8) is 0 Å². The molecule has 0 amide bonds. The summed E-state index contributed by atoms with van der Waals surface area (Å²) in [6.07, 6.45) is 4.00. The Labute approximate surface area is 116 Å². The molecule has 0 radical (unpaired) electrons. The van der Waals surface area contributed by atoms with E-state index < -0.39 is 0 Å². The third-order valence-electron chi connectivity index (χ3n) is 4.25. The summed E-state index contributed by atoms with van der Waals surface area (Å²) in [6, 6.07) is 8.32. The average molecular weight is 262 g/mol. The van der Waals surface area contributed by atoms with Gasteiger partial charge < -0.3 is 15.4 Å². The van der Waals surface area contributed by atoms with Crippen molar-refractivity contribution < 1.29 is 4.74 Å². The summed E-state index contributed by atoms with van der Waals surface area (Å²) < 4.78 is 5.27. The van der Waals surface area contributed by atoms with Crippen LogP contribution in [-0.4, -0.2) is 32.1 Å². The van der Waals surface area contributed by atoms with Crippen molar-refractivity contribution in [2.75, 3.05) is 27.2 Å². The minimum absolute atomic E-state index is 0.729. The van der Waals surface area contributed by atoms with Crippen molar-refractivity contribution in [1.29, 1.82) is 0 Å². The fraction of sp³-hybridized carbons (Fsp3) is 0.625. The summed E-state index contributed by atoms with van der Waals surface area (Å²) in [5.41, 5.74) is 7.16. The number of hydrogen-bond acceptors (Lipinski definition) is 3. The lowest BCUT2D eigenvalue weighted by Gasteiger charge is -2.25. The van der Waals surface area contributed by atoms with E-state index in [0.717, 1.165) is 37.2 Å². The first-order valence-corrected chi connectivity index (χ1v) is 7.24. The molecule has 1 fully saturated rings. The van der Waals surface area contributed by atoms with Crippen molar-refractivity contribution in [2.45, 2.75) is 25.8 Å². The predicted molar refractivity (Wildman–Crippen MR) is 79.2 cm³/mol. The van der Waals surface area contributed by atoms with Crippen molar-refractivity contribution in [1.82, 2.24) is 4.90 Å². The van der Waals surface area contributed by atoms with Gasteiger partial charge in [-0.25, -0.2) is 0 Å². The zero-order valence-corrected chi connectivity index (χ0v) is 12.1. The van der Waals surface area contributed by atoms with Crippen LogP contribution in [0.15, 0.2) is 24.3 Å². The number of ether oxygens (including phenoxy) is 1. The van der Waals surface area contributed by atoms with Gasteiger partial charge in [-0.05, 0) is 56.0 Å². The highest BCUT2D eigenvalue weighted by molar-refractivity contribution is 5.28. The van der Waals surface area contributed by atoms with E-state index in [1.807, 2.05) is 6.07 Å². The fourth-order valence-electron chi connectivity index (χ4n) is 3.21. The Balaban J connectivity index is 1.88. The summed E-state index contributed by atoms with van der Waals surface area (Å²) in [7, 11) is 3.92. The molecule has 0 saturated heterocycles. The summed E-state index contributed by atoms with van der Waals surface area (Å²) in [5, 5.41) is 0. The molecule has 106 valence electrons. The molecule has 3 heteroatoms. The topological polar surface area (TPSA) is 38.5 Å². The summed E-state index contributed by atoms with van der Waals surface area (Å²) in [4.78, 5) is 2.41. The summed E-state index contributed by atoms with van der Waals surface area (Å²) in [6.45, 7) is 2.97. The molecule has 19 heavy (non-hydrogen) atoms. The van der Waals surface area contributed by atoms with Crippen LogP contribution in [0, 0.1) is 11.8 Å². The number of hydrogen-bond donors (Lipinski definition) is 1. The van der Waals surface area contributed by atoms with Crippen LogP contribution < -0.4 is 10.5 Å². The minimum Gasteiger partial charge on any atom is -0.497 e. The van der Waals surface area contributed by atoms with Crippen LogP contribution in [0.3, 0.4) is 0 Å². The first kappa shape index (κ1) is 14.4. The Kier molecular flexibility index (Phi) is 5.23. The van der Waals surface area contributed by atoms with E-state index >= 15 is 0 Å². The molecule has 2 atom stereocenters. The Morgan fingerprint density at radius 3 is 2.84 bits per heavy atom. The van der Waals surface area contributed by atoms with Gasteiger partial charge in [-0.1, -0.05) is 18.6 Å². The Morgan fingerprint density at radius 2 is 2.11 bits per heavy atom. The van der Waals surface area contributed by atoms with Gasteiger partial charge >= 0.3 is 0 Å². The molecule has 1 aliphatic rings. The van der Waals surface area contributed by atoms with Crippen LogP contribution in [0.5, 0.6) is 5.75 Å². The zero-order chi connectivity index (χ0) is 13.7. The van der Waals surface area contributed by atoms with Gasteiger partial charge in [0.15, 0.2) is 0 Å². The molecule has 3 nitrogen and oxygen atoms in total. The van der Waals surface area contributed by atoms with Gasteiger partial charge in [0.2, 0.25) is 0 Å². The first-order valence-electron chi connectivity index (χ1n) is 7.24. The SMILES string of the molecule is COc1cccc(CN(C)CC2CCCC2CN)c1. The molecular weight excluding hydrogens is 236 g/mol. The van der Waals surface area contributed by atoms with E-state index in [2.05, 4.69) is 30.1 Å². The van der Waals surface area contributed by atoms with E-state index in [4.69, 9.17) is 10.5 Å². The number of benzene rings is 1. The van der Waals surface area contributed by atoms with E-state index in [0.29, 0.717) is 0 Å². The molecule has 2 N–H and O–H groups in total. The first-order chi connectivity index (χ1) is 9.22. The maximum absolute atomic E-state index is 5.86. The maximum Gasteiger partial charge on any atom is 0.119 e. The summed E-state index contributed by atoms with van der Waals surface area (Å²) in [5.74, 6) is 2.44. The second-order valence-electron chi connectivity index (χ2n) is 5.74. The fourth-order valence-corrected chi connectivity index (χ4v) is 3.21. The standard InChI is InChI=1S/C16H26N2O/c1-18(12-15-7-4-6-14(15)10-17)11-13-5-3-8-16(9-13)19-2/h3,5,8-9,14-15H,4,6-7,10-12,17H2,1-2H3. The molecule has 0 spiro atoms. The number of nitrogens with zero attached hydrogens (tertiary/aromatic N) is 1. The van der Waals surface area contributed by atoms with Gasteiger partial charge in [0, 0.05) is 13.1 Å². The monoisotopic (exact) mass is 262 g/mol. The highest BCUT2D eigenvalue weighted by atomic mass is 16.5. The lowest BCUT2D eigenvalue weighted by Crippen LogP contribution is -2.30. The third kappa shape index (κ3) is 3.95. The average Bonchev–Trinajstić information content (AvgIpc) is 2.86. The van der Waals surface area contributed by atoms with Crippen LogP contribution >= 0.6 is 0 Å². The highest BCUT2D eigenvalue weighted by Gasteiger charge is 2.26. The van der Waals surface area contributed by atoms with Crippen LogP contribution in [0.2, 0.25) is 0 Å². The number of methoxy groups -OCH3 is 1. The van der Waals surface area contributed by atoms with E-state index in [-0.39, 0.29) is 0 Å². The summed E-state index contributed by atoms with van der Waals surface area (Å²) >= 11 is 0. The lowest BCUT2D eigenvalue weighted by atomic mass is 9.95. The number of nitrogens with two attached hydrogens (primary N) is 1. The second kappa shape index (κ2) is 6.92. The molecule has 0 aliphatic heterocycles. The van der Waals surface area contributed by atoms with Crippen molar-refractivity contribution in [3.05, 3.63) is 29.8 Å². The Hall–Kier alpha value is -1.06. The Bertz CT molecular complexity index is 394. The second-order valence-corrected chi connectivity index (χ2v) is 5.74. The van der Waals surface area contributed by atoms with E-state index in [9.17, 15) is 0 Å². The highest BCUT2D eigenvalue weighted by Crippen LogP contribution is 2.31. The third-order valence-corrected chi connectivity index (χ3v) is 4.25. The molecule has 1 saturated carbocycles. The quantitative estimate of drug-likeness (QED) is 0.856. The van der Waals surface area contributed by atoms with Gasteiger partial charge in [0.1, 0.15) is 5.75 Å². The van der Waals surface area contributed by atoms with Gasteiger partial charge in [-0.15, -0.1) is 0 Å². The number of rotatable bonds is 6. The van der Waals surface area contributed by atoms with Crippen molar-refractivity contribution in [3.8, 4) is 5.75 Å². The van der Waals surface area contributed by atoms with Crippen LogP contribution in [0.4, 0.5) is 0 Å². The molecular formula is C16H26N2O. The minimum atomic E-state index is 0.729. The largest absolute Gasteiger partial charge is 0.497 e. The van der Waals surface area contributed by atoms with Crippen LogP contribution in [0.1, 0.15) is 24.8 Å². The molecule has 1 aromatic rings. The van der Waals surface area contributed by atoms with Gasteiger partial charge in [0.05, 0.1) is 7.11 Å². The van der Waals surface area contributed by atoms with Gasteiger partial charge in [-0.3, -0.25) is 0 Å². The lowest BCUT2D eigenvalue weighted by molar-refractivity contribution is 0.236.